The molecular weight excluding hydrogens is 354 g/mol. The molecule has 1 N–H and O–H groups in total. The number of fused-ring (bicyclic) bond motifs is 1. The Labute approximate surface area is 156 Å². The van der Waals surface area contributed by atoms with Gasteiger partial charge >= 0.3 is 0 Å². The van der Waals surface area contributed by atoms with E-state index in [1.807, 2.05) is 4.57 Å². The van der Waals surface area contributed by atoms with Gasteiger partial charge in [0.1, 0.15) is 11.5 Å². The van der Waals surface area contributed by atoms with Gasteiger partial charge in [0.25, 0.3) is 5.91 Å². The van der Waals surface area contributed by atoms with Crippen molar-refractivity contribution in [3.05, 3.63) is 41.2 Å². The van der Waals surface area contributed by atoms with Gasteiger partial charge in [0.05, 0.1) is 12.2 Å². The first kappa shape index (κ1) is 19.0. The van der Waals surface area contributed by atoms with Crippen molar-refractivity contribution < 1.29 is 18.4 Å². The summed E-state index contributed by atoms with van der Waals surface area (Å²) in [4.78, 5) is 30.2. The third kappa shape index (κ3) is 3.99. The summed E-state index contributed by atoms with van der Waals surface area (Å²) < 4.78 is 28.9. The summed E-state index contributed by atoms with van der Waals surface area (Å²) >= 11 is 0. The van der Waals surface area contributed by atoms with Crippen molar-refractivity contribution in [3.63, 3.8) is 0 Å². The molecule has 1 aliphatic rings. The van der Waals surface area contributed by atoms with Crippen molar-refractivity contribution in [1.29, 1.82) is 0 Å². The van der Waals surface area contributed by atoms with Crippen molar-refractivity contribution in [2.45, 2.75) is 32.2 Å². The molecule has 0 unspecified atom stereocenters. The van der Waals surface area contributed by atoms with E-state index in [2.05, 4.69) is 10.3 Å². The number of likely N-dealkylation sites (N-methyl/N-ethyl adjacent to an activating group) is 1. The second-order valence-corrected chi connectivity index (χ2v) is 6.79. The van der Waals surface area contributed by atoms with E-state index < -0.39 is 17.5 Å². The number of amides is 2. The largest absolute Gasteiger partial charge is 0.347 e. The predicted molar refractivity (Wildman–Crippen MR) is 96.2 cm³/mol. The standard InChI is InChI=1S/C19H22F2N4O2/c1-24(2)16(26)11-22-19(27)17-15-6-4-3-5-9-25(15)18(23-17)12-7-8-13(20)14(21)10-12/h7-8,10H,3-6,9,11H2,1-2H3,(H,22,27). The lowest BCUT2D eigenvalue weighted by Crippen LogP contribution is -2.36. The number of nitrogens with zero attached hydrogens (tertiary/aromatic N) is 3. The molecule has 0 radical (unpaired) electrons. The average Bonchev–Trinajstić information content (AvgIpc) is 2.83. The molecule has 0 bridgehead atoms. The summed E-state index contributed by atoms with van der Waals surface area (Å²) in [6, 6.07) is 3.60. The van der Waals surface area contributed by atoms with Crippen molar-refractivity contribution in [2.75, 3.05) is 20.6 Å². The molecule has 2 heterocycles. The third-order valence-electron chi connectivity index (χ3n) is 4.66. The summed E-state index contributed by atoms with van der Waals surface area (Å²) in [6.45, 7) is 0.527. The number of hydrogen-bond donors (Lipinski definition) is 1. The van der Waals surface area contributed by atoms with E-state index in [-0.39, 0.29) is 18.1 Å². The lowest BCUT2D eigenvalue weighted by Gasteiger charge is -2.11. The Morgan fingerprint density at radius 2 is 1.96 bits per heavy atom. The van der Waals surface area contributed by atoms with Crippen LogP contribution in [-0.4, -0.2) is 46.9 Å². The monoisotopic (exact) mass is 376 g/mol. The summed E-state index contributed by atoms with van der Waals surface area (Å²) in [5.74, 6) is -2.11. The van der Waals surface area contributed by atoms with E-state index in [9.17, 15) is 18.4 Å². The Bertz CT molecular complexity index is 877. The summed E-state index contributed by atoms with van der Waals surface area (Å²) in [7, 11) is 3.22. The Kier molecular flexibility index (Phi) is 5.53. The molecule has 27 heavy (non-hydrogen) atoms. The van der Waals surface area contributed by atoms with Crippen LogP contribution in [0, 0.1) is 11.6 Å². The highest BCUT2D eigenvalue weighted by atomic mass is 19.2. The van der Waals surface area contributed by atoms with Crippen LogP contribution in [-0.2, 0) is 17.8 Å². The minimum Gasteiger partial charge on any atom is -0.347 e. The molecule has 8 heteroatoms. The second-order valence-electron chi connectivity index (χ2n) is 6.79. The normalized spacial score (nSPS) is 13.6. The maximum atomic E-state index is 13.7. The van der Waals surface area contributed by atoms with E-state index in [0.29, 0.717) is 24.4 Å². The molecule has 0 saturated heterocycles. The van der Waals surface area contributed by atoms with Gasteiger partial charge in [-0.1, -0.05) is 6.42 Å². The molecule has 6 nitrogen and oxygen atoms in total. The smallest absolute Gasteiger partial charge is 0.272 e. The van der Waals surface area contributed by atoms with Crippen LogP contribution in [0.15, 0.2) is 18.2 Å². The highest BCUT2D eigenvalue weighted by molar-refractivity contribution is 5.96. The Morgan fingerprint density at radius 3 is 2.67 bits per heavy atom. The molecule has 0 aliphatic carbocycles. The van der Waals surface area contributed by atoms with Crippen LogP contribution < -0.4 is 5.32 Å². The number of halogens is 2. The zero-order chi connectivity index (χ0) is 19.6. The molecule has 3 rings (SSSR count). The number of aromatic nitrogens is 2. The van der Waals surface area contributed by atoms with E-state index in [1.54, 1.807) is 14.1 Å². The molecule has 0 atom stereocenters. The van der Waals surface area contributed by atoms with E-state index in [4.69, 9.17) is 0 Å². The first-order chi connectivity index (χ1) is 12.9. The molecule has 2 amide bonds. The number of carbonyl (C=O) groups is 2. The molecular formula is C19H22F2N4O2. The average molecular weight is 376 g/mol. The molecule has 1 aromatic carbocycles. The van der Waals surface area contributed by atoms with Gasteiger partial charge < -0.3 is 14.8 Å². The first-order valence-electron chi connectivity index (χ1n) is 8.91. The number of hydrogen-bond acceptors (Lipinski definition) is 3. The van der Waals surface area contributed by atoms with Crippen LogP contribution in [0.25, 0.3) is 11.4 Å². The van der Waals surface area contributed by atoms with Crippen LogP contribution in [0.5, 0.6) is 0 Å². The summed E-state index contributed by atoms with van der Waals surface area (Å²) in [5.41, 5.74) is 1.42. The molecule has 0 spiro atoms. The maximum Gasteiger partial charge on any atom is 0.272 e. The maximum absolute atomic E-state index is 13.7. The molecule has 1 aromatic heterocycles. The van der Waals surface area contributed by atoms with Gasteiger partial charge in [-0.15, -0.1) is 0 Å². The van der Waals surface area contributed by atoms with Gasteiger partial charge in [0, 0.05) is 26.2 Å². The lowest BCUT2D eigenvalue weighted by atomic mass is 10.1. The number of benzene rings is 1. The van der Waals surface area contributed by atoms with Crippen molar-refractivity contribution in [3.8, 4) is 11.4 Å². The second kappa shape index (κ2) is 7.85. The topological polar surface area (TPSA) is 67.2 Å². The fourth-order valence-corrected chi connectivity index (χ4v) is 3.15. The zero-order valence-corrected chi connectivity index (χ0v) is 15.4. The quantitative estimate of drug-likeness (QED) is 0.891. The Balaban J connectivity index is 1.97. The van der Waals surface area contributed by atoms with Gasteiger partial charge in [-0.3, -0.25) is 9.59 Å². The number of imidazole rings is 1. The van der Waals surface area contributed by atoms with Crippen LogP contribution >= 0.6 is 0 Å². The molecule has 1 aliphatic heterocycles. The minimum absolute atomic E-state index is 0.126. The van der Waals surface area contributed by atoms with Gasteiger partial charge in [-0.2, -0.15) is 0 Å². The molecule has 0 saturated carbocycles. The van der Waals surface area contributed by atoms with Gasteiger partial charge in [-0.05, 0) is 37.5 Å². The first-order valence-corrected chi connectivity index (χ1v) is 8.91. The van der Waals surface area contributed by atoms with E-state index in [1.165, 1.54) is 11.0 Å². The van der Waals surface area contributed by atoms with Crippen LogP contribution in [0.4, 0.5) is 8.78 Å². The van der Waals surface area contributed by atoms with Crippen LogP contribution in [0.1, 0.15) is 35.4 Å². The molecule has 144 valence electrons. The molecule has 2 aromatic rings. The zero-order valence-electron chi connectivity index (χ0n) is 15.4. The van der Waals surface area contributed by atoms with Gasteiger partial charge in [0.15, 0.2) is 11.6 Å². The predicted octanol–water partition coefficient (Wildman–Crippen LogP) is 2.37. The highest BCUT2D eigenvalue weighted by Crippen LogP contribution is 2.28. The van der Waals surface area contributed by atoms with Crippen LogP contribution in [0.2, 0.25) is 0 Å². The van der Waals surface area contributed by atoms with Crippen LogP contribution in [0.3, 0.4) is 0 Å². The fourth-order valence-electron chi connectivity index (χ4n) is 3.15. The van der Waals surface area contributed by atoms with Gasteiger partial charge in [0.2, 0.25) is 5.91 Å². The fraction of sp³-hybridized carbons (Fsp3) is 0.421. The third-order valence-corrected chi connectivity index (χ3v) is 4.66. The van der Waals surface area contributed by atoms with E-state index in [0.717, 1.165) is 37.1 Å². The number of rotatable bonds is 4. The Hall–Kier alpha value is -2.77. The number of nitrogens with one attached hydrogen (secondary N) is 1. The summed E-state index contributed by atoms with van der Waals surface area (Å²) in [6.07, 6.45) is 3.51. The lowest BCUT2D eigenvalue weighted by molar-refractivity contribution is -0.127. The van der Waals surface area contributed by atoms with Crippen molar-refractivity contribution in [2.24, 2.45) is 0 Å². The van der Waals surface area contributed by atoms with E-state index >= 15 is 0 Å². The molecule has 0 fully saturated rings. The SMILES string of the molecule is CN(C)C(=O)CNC(=O)c1nc(-c2ccc(F)c(F)c2)n2c1CCCCC2. The van der Waals surface area contributed by atoms with Crippen molar-refractivity contribution >= 4 is 11.8 Å². The Morgan fingerprint density at radius 1 is 1.19 bits per heavy atom. The highest BCUT2D eigenvalue weighted by Gasteiger charge is 2.25. The summed E-state index contributed by atoms with van der Waals surface area (Å²) in [5, 5.41) is 2.60. The van der Waals surface area contributed by atoms with Crippen molar-refractivity contribution in [1.82, 2.24) is 19.8 Å². The minimum atomic E-state index is -0.957. The number of carbonyl (C=O) groups excluding carboxylic acids is 2. The van der Waals surface area contributed by atoms with Gasteiger partial charge in [-0.25, -0.2) is 13.8 Å².